The van der Waals surface area contributed by atoms with Gasteiger partial charge in [0.15, 0.2) is 0 Å². The molecule has 0 aromatic heterocycles. The zero-order valence-electron chi connectivity index (χ0n) is 14.2. The molecular formula is C13H30O4Si3. The molecule has 0 aliphatic rings. The number of hydrogen-bond acceptors (Lipinski definition) is 4. The SMILES string of the molecule is C=C(C(C(=C)[Si](C)(OC)OC)C(C)[SiH3])[Si](C)(OC)OC. The summed E-state index contributed by atoms with van der Waals surface area (Å²) in [4.78, 5) is 0. The van der Waals surface area contributed by atoms with Crippen LogP contribution in [-0.4, -0.2) is 55.8 Å². The van der Waals surface area contributed by atoms with E-state index < -0.39 is 17.1 Å². The van der Waals surface area contributed by atoms with Gasteiger partial charge in [-0.05, 0) is 29.0 Å². The minimum atomic E-state index is -2.42. The van der Waals surface area contributed by atoms with Crippen LogP contribution in [0.5, 0.6) is 0 Å². The summed E-state index contributed by atoms with van der Waals surface area (Å²) in [7, 11) is 2.92. The zero-order valence-corrected chi connectivity index (χ0v) is 18.2. The van der Waals surface area contributed by atoms with Gasteiger partial charge in [-0.2, -0.15) is 0 Å². The number of allylic oxidation sites excluding steroid dienone is 2. The molecule has 0 rings (SSSR count). The minimum absolute atomic E-state index is 0.120. The highest BCUT2D eigenvalue weighted by atomic mass is 28.4. The first kappa shape index (κ1) is 20.0. The van der Waals surface area contributed by atoms with Crippen molar-refractivity contribution in [1.29, 1.82) is 0 Å². The van der Waals surface area contributed by atoms with Crippen LogP contribution in [0.15, 0.2) is 23.6 Å². The summed E-state index contributed by atoms with van der Waals surface area (Å²) in [5, 5.41) is 2.01. The van der Waals surface area contributed by atoms with Crippen molar-refractivity contribution in [3.63, 3.8) is 0 Å². The van der Waals surface area contributed by atoms with E-state index in [2.05, 4.69) is 20.1 Å². The Balaban J connectivity index is 5.58. The molecule has 0 aliphatic carbocycles. The molecule has 0 radical (unpaired) electrons. The Hall–Kier alpha value is -0.0294. The van der Waals surface area contributed by atoms with Crippen LogP contribution >= 0.6 is 0 Å². The van der Waals surface area contributed by atoms with Gasteiger partial charge in [0.25, 0.3) is 0 Å². The molecule has 0 N–H and O–H groups in total. The maximum Gasteiger partial charge on any atom is 0.364 e. The normalized spacial score (nSPS) is 14.6. The molecule has 7 heteroatoms. The molecule has 1 atom stereocenters. The van der Waals surface area contributed by atoms with Crippen molar-refractivity contribution < 1.29 is 17.7 Å². The summed E-state index contributed by atoms with van der Waals surface area (Å²) in [6, 6.07) is 0. The van der Waals surface area contributed by atoms with E-state index in [1.165, 1.54) is 0 Å². The fourth-order valence-corrected chi connectivity index (χ4v) is 7.41. The lowest BCUT2D eigenvalue weighted by molar-refractivity contribution is 0.249. The Bertz CT molecular complexity index is 320. The molecule has 0 saturated heterocycles. The van der Waals surface area contributed by atoms with Gasteiger partial charge in [-0.3, -0.25) is 0 Å². The largest absolute Gasteiger partial charge is 0.395 e. The highest BCUT2D eigenvalue weighted by Crippen LogP contribution is 2.38. The third-order valence-corrected chi connectivity index (χ3v) is 10.9. The van der Waals surface area contributed by atoms with E-state index in [1.54, 1.807) is 28.4 Å². The van der Waals surface area contributed by atoms with Crippen molar-refractivity contribution >= 4 is 27.4 Å². The van der Waals surface area contributed by atoms with Crippen molar-refractivity contribution in [2.75, 3.05) is 28.4 Å². The monoisotopic (exact) mass is 334 g/mol. The molecule has 0 aromatic rings. The van der Waals surface area contributed by atoms with Gasteiger partial charge in [0, 0.05) is 44.6 Å². The molecule has 0 amide bonds. The molecule has 20 heavy (non-hydrogen) atoms. The van der Waals surface area contributed by atoms with Gasteiger partial charge < -0.3 is 17.7 Å². The lowest BCUT2D eigenvalue weighted by atomic mass is 10.1. The third kappa shape index (κ3) is 4.00. The second-order valence-electron chi connectivity index (χ2n) is 5.48. The molecule has 118 valence electrons. The van der Waals surface area contributed by atoms with E-state index in [4.69, 9.17) is 17.7 Å². The topological polar surface area (TPSA) is 36.9 Å². The van der Waals surface area contributed by atoms with Crippen LogP contribution in [-0.2, 0) is 17.7 Å². The maximum atomic E-state index is 5.64. The van der Waals surface area contributed by atoms with Crippen LogP contribution in [0, 0.1) is 5.92 Å². The summed E-state index contributed by atoms with van der Waals surface area (Å²) >= 11 is 0. The van der Waals surface area contributed by atoms with Gasteiger partial charge in [-0.25, -0.2) is 0 Å². The van der Waals surface area contributed by atoms with E-state index in [9.17, 15) is 0 Å². The van der Waals surface area contributed by atoms with Crippen molar-refractivity contribution in [2.24, 2.45) is 5.92 Å². The zero-order chi connectivity index (χ0) is 16.1. The molecular weight excluding hydrogens is 304 g/mol. The van der Waals surface area contributed by atoms with Crippen molar-refractivity contribution in [2.45, 2.75) is 25.6 Å². The fraction of sp³-hybridized carbons (Fsp3) is 0.692. The van der Waals surface area contributed by atoms with E-state index >= 15 is 0 Å². The van der Waals surface area contributed by atoms with Crippen LogP contribution in [0.25, 0.3) is 0 Å². The van der Waals surface area contributed by atoms with Crippen LogP contribution in [0.4, 0.5) is 0 Å². The second-order valence-corrected chi connectivity index (χ2v) is 14.0. The summed E-state index contributed by atoms with van der Waals surface area (Å²) in [6.45, 7) is 14.8. The molecule has 0 spiro atoms. The molecule has 4 nitrogen and oxygen atoms in total. The summed E-state index contributed by atoms with van der Waals surface area (Å²) < 4.78 is 22.5. The molecule has 0 saturated carbocycles. The van der Waals surface area contributed by atoms with Crippen LogP contribution < -0.4 is 0 Å². The third-order valence-electron chi connectivity index (χ3n) is 4.14. The van der Waals surface area contributed by atoms with E-state index in [1.807, 2.05) is 13.1 Å². The quantitative estimate of drug-likeness (QED) is 0.601. The van der Waals surface area contributed by atoms with Crippen molar-refractivity contribution in [3.8, 4) is 0 Å². The van der Waals surface area contributed by atoms with Gasteiger partial charge in [0.2, 0.25) is 0 Å². The molecule has 0 bridgehead atoms. The van der Waals surface area contributed by atoms with Crippen molar-refractivity contribution in [1.82, 2.24) is 0 Å². The fourth-order valence-electron chi connectivity index (χ4n) is 2.27. The number of rotatable bonds is 9. The summed E-state index contributed by atoms with van der Waals surface area (Å²) in [6.07, 6.45) is 0. The molecule has 0 heterocycles. The minimum Gasteiger partial charge on any atom is -0.395 e. The van der Waals surface area contributed by atoms with Crippen LogP contribution in [0.2, 0.25) is 18.6 Å². The average molecular weight is 335 g/mol. The van der Waals surface area contributed by atoms with Gasteiger partial charge >= 0.3 is 17.1 Å². The van der Waals surface area contributed by atoms with Crippen LogP contribution in [0.3, 0.4) is 0 Å². The van der Waals surface area contributed by atoms with E-state index in [0.717, 1.165) is 20.6 Å². The Labute approximate surface area is 129 Å². The molecule has 0 fully saturated rings. The first-order valence-electron chi connectivity index (χ1n) is 6.72. The van der Waals surface area contributed by atoms with Gasteiger partial charge in [0.1, 0.15) is 0 Å². The highest BCUT2D eigenvalue weighted by molar-refractivity contribution is 6.76. The average Bonchev–Trinajstić information content (AvgIpc) is 2.44. The van der Waals surface area contributed by atoms with E-state index in [-0.39, 0.29) is 5.92 Å². The standard InChI is InChI=1S/C13H30O4Si3/c1-10(18)13(11(2)19(8,14-4)15-5)12(3)20(9,16-6)17-7/h10,13H,2-3H2,1,4-9,18H3. The van der Waals surface area contributed by atoms with E-state index in [0.29, 0.717) is 5.54 Å². The Morgan fingerprint density at radius 2 is 1.10 bits per heavy atom. The molecule has 1 unspecified atom stereocenters. The Kier molecular flexibility index (Phi) is 7.82. The highest BCUT2D eigenvalue weighted by Gasteiger charge is 2.45. The Morgan fingerprint density at radius 1 is 0.850 bits per heavy atom. The van der Waals surface area contributed by atoms with Gasteiger partial charge in [-0.15, -0.1) is 0 Å². The lowest BCUT2D eigenvalue weighted by Gasteiger charge is -2.38. The van der Waals surface area contributed by atoms with Gasteiger partial charge in [-0.1, -0.05) is 20.1 Å². The smallest absolute Gasteiger partial charge is 0.364 e. The predicted molar refractivity (Wildman–Crippen MR) is 92.4 cm³/mol. The van der Waals surface area contributed by atoms with Crippen LogP contribution in [0.1, 0.15) is 6.92 Å². The summed E-state index contributed by atoms with van der Waals surface area (Å²) in [5.74, 6) is 0.120. The number of hydrogen-bond donors (Lipinski definition) is 0. The molecule has 0 aromatic carbocycles. The summed E-state index contributed by atoms with van der Waals surface area (Å²) in [5.41, 5.74) is 0.462. The lowest BCUT2D eigenvalue weighted by Crippen LogP contribution is -2.48. The first-order chi connectivity index (χ1) is 9.13. The predicted octanol–water partition coefficient (Wildman–Crippen LogP) is 1.70. The molecule has 0 aliphatic heterocycles. The Morgan fingerprint density at radius 3 is 1.25 bits per heavy atom. The van der Waals surface area contributed by atoms with Crippen molar-refractivity contribution in [3.05, 3.63) is 23.6 Å². The van der Waals surface area contributed by atoms with Gasteiger partial charge in [0.05, 0.1) is 0 Å². The first-order valence-corrected chi connectivity index (χ1v) is 12.5. The maximum absolute atomic E-state index is 5.64. The second kappa shape index (κ2) is 7.83.